The highest BCUT2D eigenvalue weighted by atomic mass is 16.2. The lowest BCUT2D eigenvalue weighted by Crippen LogP contribution is -2.21. The van der Waals surface area contributed by atoms with Gasteiger partial charge in [-0.05, 0) is 0 Å². The van der Waals surface area contributed by atoms with E-state index in [9.17, 15) is 4.79 Å². The van der Waals surface area contributed by atoms with E-state index < -0.39 is 0 Å². The summed E-state index contributed by atoms with van der Waals surface area (Å²) in [5, 5.41) is 4.01. The largest absolute Gasteiger partial charge is 0.396 e. The summed E-state index contributed by atoms with van der Waals surface area (Å²) in [5.41, 5.74) is 7.05. The number of carbonyl (C=O) groups excluding carboxylic acids is 1. The molecule has 2 aromatic heterocycles. The third-order valence-corrected chi connectivity index (χ3v) is 2.01. The lowest BCUT2D eigenvalue weighted by molar-refractivity contribution is 0.0829. The Morgan fingerprint density at radius 2 is 2.20 bits per heavy atom. The van der Waals surface area contributed by atoms with Gasteiger partial charge in [-0.15, -0.1) is 0 Å². The predicted molar refractivity (Wildman–Crippen MR) is 55.4 cm³/mol. The quantitative estimate of drug-likeness (QED) is 0.711. The van der Waals surface area contributed by atoms with Gasteiger partial charge in [-0.1, -0.05) is 0 Å². The zero-order chi connectivity index (χ0) is 11.0. The normalized spacial score (nSPS) is 10.5. The van der Waals surface area contributed by atoms with E-state index in [1.165, 1.54) is 21.8 Å². The molecule has 0 aliphatic heterocycles. The minimum Gasteiger partial charge on any atom is -0.396 e. The summed E-state index contributed by atoms with van der Waals surface area (Å²) in [5.74, 6) is -0.123. The zero-order valence-corrected chi connectivity index (χ0v) is 8.51. The average molecular weight is 205 g/mol. The molecular formula is C9H11N5O. The molecule has 1 amide bonds. The van der Waals surface area contributed by atoms with Crippen LogP contribution in [0.15, 0.2) is 18.6 Å². The van der Waals surface area contributed by atoms with Gasteiger partial charge in [-0.3, -0.25) is 4.79 Å². The Morgan fingerprint density at radius 3 is 2.87 bits per heavy atom. The monoisotopic (exact) mass is 205 g/mol. The van der Waals surface area contributed by atoms with Crippen molar-refractivity contribution < 1.29 is 4.79 Å². The first-order valence-electron chi connectivity index (χ1n) is 4.40. The van der Waals surface area contributed by atoms with Crippen LogP contribution in [0.25, 0.3) is 5.65 Å². The molecule has 0 aromatic carbocycles. The van der Waals surface area contributed by atoms with Crippen molar-refractivity contribution in [1.29, 1.82) is 0 Å². The highest BCUT2D eigenvalue weighted by Gasteiger charge is 2.15. The molecular weight excluding hydrogens is 194 g/mol. The molecule has 0 unspecified atom stereocenters. The molecule has 0 saturated carbocycles. The lowest BCUT2D eigenvalue weighted by atomic mass is 10.3. The molecule has 78 valence electrons. The van der Waals surface area contributed by atoms with Gasteiger partial charge in [0.05, 0.1) is 24.3 Å². The second-order valence-corrected chi connectivity index (χ2v) is 3.41. The first-order valence-corrected chi connectivity index (χ1v) is 4.40. The third-order valence-electron chi connectivity index (χ3n) is 2.01. The number of carbonyl (C=O) groups is 1. The van der Waals surface area contributed by atoms with Crippen LogP contribution in [-0.2, 0) is 0 Å². The Bertz CT molecular complexity index is 516. The van der Waals surface area contributed by atoms with Crippen molar-refractivity contribution in [2.75, 3.05) is 19.8 Å². The number of nitrogen functional groups attached to an aromatic ring is 1. The second kappa shape index (κ2) is 3.23. The molecule has 0 bridgehead atoms. The average Bonchev–Trinajstić information content (AvgIpc) is 2.59. The molecule has 6 heteroatoms. The molecule has 6 nitrogen and oxygen atoms in total. The second-order valence-electron chi connectivity index (χ2n) is 3.41. The Hall–Kier alpha value is -2.11. The zero-order valence-electron chi connectivity index (χ0n) is 8.51. The van der Waals surface area contributed by atoms with Crippen LogP contribution in [0.4, 0.5) is 5.69 Å². The SMILES string of the molecule is CN(C)C(=O)c1cnn2cc(N)cnc12. The van der Waals surface area contributed by atoms with Crippen molar-refractivity contribution in [3.05, 3.63) is 24.2 Å². The van der Waals surface area contributed by atoms with Crippen LogP contribution in [0.2, 0.25) is 0 Å². The van der Waals surface area contributed by atoms with Gasteiger partial charge in [0.15, 0.2) is 5.65 Å². The van der Waals surface area contributed by atoms with Crippen LogP contribution in [-0.4, -0.2) is 39.5 Å². The van der Waals surface area contributed by atoms with Crippen LogP contribution in [0.3, 0.4) is 0 Å². The predicted octanol–water partition coefficient (Wildman–Crippen LogP) is 0.0133. The number of hydrogen-bond acceptors (Lipinski definition) is 4. The van der Waals surface area contributed by atoms with Crippen molar-refractivity contribution >= 4 is 17.2 Å². The minimum absolute atomic E-state index is 0.123. The first-order chi connectivity index (χ1) is 7.09. The van der Waals surface area contributed by atoms with Gasteiger partial charge in [-0.2, -0.15) is 5.10 Å². The van der Waals surface area contributed by atoms with Crippen molar-refractivity contribution in [2.45, 2.75) is 0 Å². The van der Waals surface area contributed by atoms with Crippen molar-refractivity contribution in [2.24, 2.45) is 0 Å². The van der Waals surface area contributed by atoms with Crippen LogP contribution < -0.4 is 5.73 Å². The standard InChI is InChI=1S/C9H11N5O/c1-13(2)9(15)7-4-12-14-5-6(10)3-11-8(7)14/h3-5H,10H2,1-2H3. The Labute approximate surface area is 86.3 Å². The topological polar surface area (TPSA) is 76.5 Å². The van der Waals surface area contributed by atoms with Crippen molar-refractivity contribution in [3.8, 4) is 0 Å². The summed E-state index contributed by atoms with van der Waals surface area (Å²) in [7, 11) is 3.37. The van der Waals surface area contributed by atoms with Gasteiger partial charge in [0.2, 0.25) is 0 Å². The fourth-order valence-corrected chi connectivity index (χ4v) is 1.28. The maximum atomic E-state index is 11.7. The van der Waals surface area contributed by atoms with E-state index in [0.29, 0.717) is 16.9 Å². The number of amides is 1. The highest BCUT2D eigenvalue weighted by Crippen LogP contribution is 2.10. The number of nitrogens with two attached hydrogens (primary N) is 1. The van der Waals surface area contributed by atoms with E-state index in [4.69, 9.17) is 5.73 Å². The molecule has 0 spiro atoms. The van der Waals surface area contributed by atoms with Crippen LogP contribution in [0.5, 0.6) is 0 Å². The fraction of sp³-hybridized carbons (Fsp3) is 0.222. The van der Waals surface area contributed by atoms with Gasteiger partial charge in [-0.25, -0.2) is 9.50 Å². The number of aromatic nitrogens is 3. The summed E-state index contributed by atoms with van der Waals surface area (Å²) in [6.45, 7) is 0. The van der Waals surface area contributed by atoms with Crippen molar-refractivity contribution in [3.63, 3.8) is 0 Å². The molecule has 2 aromatic rings. The highest BCUT2D eigenvalue weighted by molar-refractivity contribution is 5.99. The number of nitrogens with zero attached hydrogens (tertiary/aromatic N) is 4. The lowest BCUT2D eigenvalue weighted by Gasteiger charge is -2.07. The molecule has 15 heavy (non-hydrogen) atoms. The molecule has 2 heterocycles. The molecule has 0 aliphatic rings. The van der Waals surface area contributed by atoms with Crippen LogP contribution >= 0.6 is 0 Å². The smallest absolute Gasteiger partial charge is 0.258 e. The number of anilines is 1. The summed E-state index contributed by atoms with van der Waals surface area (Å²) in [6.07, 6.45) is 4.61. The third kappa shape index (κ3) is 1.50. The van der Waals surface area contributed by atoms with Gasteiger partial charge in [0.25, 0.3) is 5.91 Å². The Kier molecular flexibility index (Phi) is 2.03. The molecule has 0 atom stereocenters. The summed E-state index contributed by atoms with van der Waals surface area (Å²) in [4.78, 5) is 17.3. The number of fused-ring (bicyclic) bond motifs is 1. The van der Waals surface area contributed by atoms with Gasteiger partial charge < -0.3 is 10.6 Å². The maximum Gasteiger partial charge on any atom is 0.258 e. The molecule has 0 aliphatic carbocycles. The van der Waals surface area contributed by atoms with Crippen LogP contribution in [0, 0.1) is 0 Å². The number of hydrogen-bond donors (Lipinski definition) is 1. The van der Waals surface area contributed by atoms with Gasteiger partial charge in [0.1, 0.15) is 5.56 Å². The Morgan fingerprint density at radius 1 is 1.47 bits per heavy atom. The molecule has 0 fully saturated rings. The number of rotatable bonds is 1. The summed E-state index contributed by atoms with van der Waals surface area (Å²) in [6, 6.07) is 0. The summed E-state index contributed by atoms with van der Waals surface area (Å²) < 4.78 is 1.49. The molecule has 2 N–H and O–H groups in total. The van der Waals surface area contributed by atoms with Gasteiger partial charge in [0, 0.05) is 14.1 Å². The minimum atomic E-state index is -0.123. The fourth-order valence-electron chi connectivity index (χ4n) is 1.28. The van der Waals surface area contributed by atoms with Gasteiger partial charge >= 0.3 is 0 Å². The molecule has 0 radical (unpaired) electrons. The molecule has 0 saturated heterocycles. The first kappa shape index (κ1) is 9.45. The van der Waals surface area contributed by atoms with E-state index in [0.717, 1.165) is 0 Å². The molecule has 2 rings (SSSR count). The van der Waals surface area contributed by atoms with E-state index >= 15 is 0 Å². The van der Waals surface area contributed by atoms with E-state index in [1.807, 2.05) is 0 Å². The van der Waals surface area contributed by atoms with E-state index in [2.05, 4.69) is 10.1 Å². The Balaban J connectivity index is 2.59. The maximum absolute atomic E-state index is 11.7. The van der Waals surface area contributed by atoms with Crippen molar-refractivity contribution in [1.82, 2.24) is 19.5 Å². The van der Waals surface area contributed by atoms with E-state index in [-0.39, 0.29) is 5.91 Å². The van der Waals surface area contributed by atoms with Crippen LogP contribution in [0.1, 0.15) is 10.4 Å². The summed E-state index contributed by atoms with van der Waals surface area (Å²) >= 11 is 0. The van der Waals surface area contributed by atoms with E-state index in [1.54, 1.807) is 20.3 Å².